The topological polar surface area (TPSA) is 56.3 Å². The van der Waals surface area contributed by atoms with Gasteiger partial charge in [0, 0.05) is 19.3 Å². The largest absolute Gasteiger partial charge is 0.474 e. The van der Waals surface area contributed by atoms with Crippen molar-refractivity contribution in [2.24, 2.45) is 5.92 Å². The second kappa shape index (κ2) is 7.40. The minimum absolute atomic E-state index is 0.213. The first-order chi connectivity index (χ1) is 9.24. The SMILES string of the molecule is CC(C)CNCc1cncc(OCC2CCCO2)n1. The zero-order valence-electron chi connectivity index (χ0n) is 11.8. The van der Waals surface area contributed by atoms with E-state index in [9.17, 15) is 0 Å². The smallest absolute Gasteiger partial charge is 0.232 e. The molecule has 0 saturated carbocycles. The van der Waals surface area contributed by atoms with Crippen LogP contribution in [0.5, 0.6) is 5.88 Å². The number of hydrogen-bond donors (Lipinski definition) is 1. The Bertz CT molecular complexity index is 379. The van der Waals surface area contributed by atoms with E-state index >= 15 is 0 Å². The van der Waals surface area contributed by atoms with Crippen LogP contribution in [0.3, 0.4) is 0 Å². The van der Waals surface area contributed by atoms with Crippen LogP contribution >= 0.6 is 0 Å². The standard InChI is InChI=1S/C14H23N3O2/c1-11(2)6-15-7-12-8-16-9-14(17-12)19-10-13-4-3-5-18-13/h8-9,11,13,15H,3-7,10H2,1-2H3. The van der Waals surface area contributed by atoms with Gasteiger partial charge in [0.25, 0.3) is 0 Å². The molecule has 5 heteroatoms. The van der Waals surface area contributed by atoms with Gasteiger partial charge in [0.15, 0.2) is 0 Å². The van der Waals surface area contributed by atoms with E-state index in [0.29, 0.717) is 18.4 Å². The Labute approximate surface area is 114 Å². The quantitative estimate of drug-likeness (QED) is 0.814. The first kappa shape index (κ1) is 14.2. The Morgan fingerprint density at radius 2 is 2.37 bits per heavy atom. The van der Waals surface area contributed by atoms with Gasteiger partial charge in [-0.25, -0.2) is 4.98 Å². The molecule has 106 valence electrons. The zero-order chi connectivity index (χ0) is 13.5. The van der Waals surface area contributed by atoms with Gasteiger partial charge >= 0.3 is 0 Å². The van der Waals surface area contributed by atoms with Crippen LogP contribution in [0.4, 0.5) is 0 Å². The van der Waals surface area contributed by atoms with Crippen molar-refractivity contribution >= 4 is 0 Å². The molecule has 1 aromatic heterocycles. The van der Waals surface area contributed by atoms with E-state index in [1.807, 2.05) is 0 Å². The highest BCUT2D eigenvalue weighted by Crippen LogP contribution is 2.13. The third-order valence-electron chi connectivity index (χ3n) is 2.96. The summed E-state index contributed by atoms with van der Waals surface area (Å²) in [6.07, 6.45) is 5.83. The second-order valence-corrected chi connectivity index (χ2v) is 5.32. The van der Waals surface area contributed by atoms with Crippen LogP contribution < -0.4 is 10.1 Å². The molecule has 1 atom stereocenters. The fourth-order valence-corrected chi connectivity index (χ4v) is 1.98. The molecule has 1 unspecified atom stereocenters. The van der Waals surface area contributed by atoms with Gasteiger partial charge < -0.3 is 14.8 Å². The van der Waals surface area contributed by atoms with Crippen molar-refractivity contribution in [3.05, 3.63) is 18.1 Å². The average Bonchev–Trinajstić information content (AvgIpc) is 2.89. The molecule has 0 aromatic carbocycles. The lowest BCUT2D eigenvalue weighted by Crippen LogP contribution is -2.20. The summed E-state index contributed by atoms with van der Waals surface area (Å²) < 4.78 is 11.1. The minimum atomic E-state index is 0.213. The summed E-state index contributed by atoms with van der Waals surface area (Å²) in [5.74, 6) is 1.21. The molecule has 1 fully saturated rings. The van der Waals surface area contributed by atoms with E-state index in [1.165, 1.54) is 0 Å². The molecule has 0 amide bonds. The summed E-state index contributed by atoms with van der Waals surface area (Å²) in [4.78, 5) is 8.59. The molecule has 1 N–H and O–H groups in total. The summed E-state index contributed by atoms with van der Waals surface area (Å²) in [5.41, 5.74) is 0.908. The van der Waals surface area contributed by atoms with Crippen LogP contribution in [0.1, 0.15) is 32.4 Å². The van der Waals surface area contributed by atoms with E-state index in [0.717, 1.165) is 38.2 Å². The van der Waals surface area contributed by atoms with E-state index in [-0.39, 0.29) is 6.10 Å². The van der Waals surface area contributed by atoms with Crippen molar-refractivity contribution in [1.82, 2.24) is 15.3 Å². The molecule has 2 heterocycles. The predicted molar refractivity (Wildman–Crippen MR) is 73.0 cm³/mol. The van der Waals surface area contributed by atoms with E-state index in [1.54, 1.807) is 12.4 Å². The first-order valence-electron chi connectivity index (χ1n) is 7.00. The fourth-order valence-electron chi connectivity index (χ4n) is 1.98. The Morgan fingerprint density at radius 1 is 1.47 bits per heavy atom. The summed E-state index contributed by atoms with van der Waals surface area (Å²) in [6.45, 7) is 7.47. The molecule has 19 heavy (non-hydrogen) atoms. The maximum atomic E-state index is 5.63. The van der Waals surface area contributed by atoms with E-state index in [4.69, 9.17) is 9.47 Å². The van der Waals surface area contributed by atoms with Crippen molar-refractivity contribution in [1.29, 1.82) is 0 Å². The van der Waals surface area contributed by atoms with Crippen LogP contribution in [0.15, 0.2) is 12.4 Å². The molecule has 1 aliphatic heterocycles. The molecule has 0 spiro atoms. The van der Waals surface area contributed by atoms with Gasteiger partial charge in [-0.05, 0) is 25.3 Å². The average molecular weight is 265 g/mol. The van der Waals surface area contributed by atoms with Crippen LogP contribution in [0.25, 0.3) is 0 Å². The number of ether oxygens (including phenoxy) is 2. The van der Waals surface area contributed by atoms with Crippen molar-refractivity contribution in [3.8, 4) is 5.88 Å². The van der Waals surface area contributed by atoms with Gasteiger partial charge in [-0.1, -0.05) is 13.8 Å². The highest BCUT2D eigenvalue weighted by Gasteiger charge is 2.16. The van der Waals surface area contributed by atoms with Gasteiger partial charge in [-0.2, -0.15) is 0 Å². The lowest BCUT2D eigenvalue weighted by molar-refractivity contribution is 0.0661. The monoisotopic (exact) mass is 265 g/mol. The summed E-state index contributed by atoms with van der Waals surface area (Å²) in [6, 6.07) is 0. The maximum Gasteiger partial charge on any atom is 0.232 e. The Hall–Kier alpha value is -1.20. The number of nitrogens with one attached hydrogen (secondary N) is 1. The summed E-state index contributed by atoms with van der Waals surface area (Å²) >= 11 is 0. The molecular weight excluding hydrogens is 242 g/mol. The van der Waals surface area contributed by atoms with Gasteiger partial charge in [-0.3, -0.25) is 4.98 Å². The summed E-state index contributed by atoms with van der Waals surface area (Å²) in [7, 11) is 0. The maximum absolute atomic E-state index is 5.63. The number of aromatic nitrogens is 2. The second-order valence-electron chi connectivity index (χ2n) is 5.32. The van der Waals surface area contributed by atoms with E-state index in [2.05, 4.69) is 29.1 Å². The molecule has 1 saturated heterocycles. The molecule has 0 bridgehead atoms. The third-order valence-corrected chi connectivity index (χ3v) is 2.96. The molecular formula is C14H23N3O2. The number of rotatable bonds is 7. The highest BCUT2D eigenvalue weighted by atomic mass is 16.5. The lowest BCUT2D eigenvalue weighted by Gasteiger charge is -2.11. The highest BCUT2D eigenvalue weighted by molar-refractivity contribution is 5.08. The summed E-state index contributed by atoms with van der Waals surface area (Å²) in [5, 5.41) is 3.34. The molecule has 2 rings (SSSR count). The molecule has 5 nitrogen and oxygen atoms in total. The van der Waals surface area contributed by atoms with Gasteiger partial charge in [0.05, 0.1) is 18.0 Å². The van der Waals surface area contributed by atoms with Crippen molar-refractivity contribution in [2.45, 2.75) is 39.3 Å². The molecule has 0 aliphatic carbocycles. The normalized spacial score (nSPS) is 19.0. The van der Waals surface area contributed by atoms with Gasteiger partial charge in [0.1, 0.15) is 6.61 Å². The van der Waals surface area contributed by atoms with Crippen molar-refractivity contribution in [2.75, 3.05) is 19.8 Å². The molecule has 1 aromatic rings. The first-order valence-corrected chi connectivity index (χ1v) is 7.00. The molecule has 1 aliphatic rings. The fraction of sp³-hybridized carbons (Fsp3) is 0.714. The van der Waals surface area contributed by atoms with Crippen LogP contribution in [0, 0.1) is 5.92 Å². The predicted octanol–water partition coefficient (Wildman–Crippen LogP) is 1.78. The van der Waals surface area contributed by atoms with Crippen molar-refractivity contribution in [3.63, 3.8) is 0 Å². The third kappa shape index (κ3) is 5.12. The van der Waals surface area contributed by atoms with Gasteiger partial charge in [-0.15, -0.1) is 0 Å². The van der Waals surface area contributed by atoms with Crippen LogP contribution in [-0.2, 0) is 11.3 Å². The van der Waals surface area contributed by atoms with Crippen LogP contribution in [0.2, 0.25) is 0 Å². The molecule has 0 radical (unpaired) electrons. The number of nitrogens with zero attached hydrogens (tertiary/aromatic N) is 2. The Morgan fingerprint density at radius 3 is 3.11 bits per heavy atom. The number of hydrogen-bond acceptors (Lipinski definition) is 5. The van der Waals surface area contributed by atoms with Crippen molar-refractivity contribution < 1.29 is 9.47 Å². The minimum Gasteiger partial charge on any atom is -0.474 e. The Kier molecular flexibility index (Phi) is 5.54. The zero-order valence-corrected chi connectivity index (χ0v) is 11.8. The Balaban J connectivity index is 1.77. The van der Waals surface area contributed by atoms with E-state index < -0.39 is 0 Å². The lowest BCUT2D eigenvalue weighted by atomic mass is 10.2. The van der Waals surface area contributed by atoms with Gasteiger partial charge in [0.2, 0.25) is 5.88 Å². The van der Waals surface area contributed by atoms with Crippen LogP contribution in [-0.4, -0.2) is 35.8 Å².